The average Bonchev–Trinajstić information content (AvgIpc) is 1.77. The summed E-state index contributed by atoms with van der Waals surface area (Å²) < 4.78 is 0. The van der Waals surface area contributed by atoms with E-state index in [1.165, 1.54) is 0 Å². The van der Waals surface area contributed by atoms with Gasteiger partial charge in [0.15, 0.2) is 0 Å². The SMILES string of the molecule is C.Cc1ccc(Cl)nc1. The molecule has 0 saturated heterocycles. The van der Waals surface area contributed by atoms with Crippen LogP contribution in [0.5, 0.6) is 0 Å². The minimum absolute atomic E-state index is 0. The van der Waals surface area contributed by atoms with Crippen LogP contribution in [0.3, 0.4) is 0 Å². The Morgan fingerprint density at radius 2 is 2.11 bits per heavy atom. The maximum Gasteiger partial charge on any atom is 0.129 e. The zero-order valence-electron chi connectivity index (χ0n) is 4.56. The highest BCUT2D eigenvalue weighted by Gasteiger charge is 1.83. The smallest absolute Gasteiger partial charge is 0.129 e. The molecule has 0 aliphatic rings. The van der Waals surface area contributed by atoms with Crippen molar-refractivity contribution in [3.8, 4) is 0 Å². The van der Waals surface area contributed by atoms with Gasteiger partial charge in [0.05, 0.1) is 0 Å². The molecule has 2 heteroatoms. The van der Waals surface area contributed by atoms with Gasteiger partial charge in [-0.1, -0.05) is 25.1 Å². The van der Waals surface area contributed by atoms with E-state index in [9.17, 15) is 0 Å². The summed E-state index contributed by atoms with van der Waals surface area (Å²) >= 11 is 5.50. The first-order valence-corrected chi connectivity index (χ1v) is 2.75. The van der Waals surface area contributed by atoms with Crippen molar-refractivity contribution >= 4 is 11.6 Å². The lowest BCUT2D eigenvalue weighted by Crippen LogP contribution is -1.73. The van der Waals surface area contributed by atoms with Crippen LogP contribution in [0.2, 0.25) is 5.15 Å². The number of nitrogens with zero attached hydrogens (tertiary/aromatic N) is 1. The minimum atomic E-state index is 0. The van der Waals surface area contributed by atoms with Crippen molar-refractivity contribution < 1.29 is 0 Å². The third-order valence-corrected chi connectivity index (χ3v) is 1.10. The second-order valence-corrected chi connectivity index (χ2v) is 2.05. The lowest BCUT2D eigenvalue weighted by molar-refractivity contribution is 1.27. The predicted molar refractivity (Wildman–Crippen MR) is 40.7 cm³/mol. The first kappa shape index (κ1) is 8.44. The molecule has 1 nitrogen and oxygen atoms in total. The van der Waals surface area contributed by atoms with Gasteiger partial charge in [-0.25, -0.2) is 4.98 Å². The Bertz CT molecular complexity index is 148. The second kappa shape index (κ2) is 3.46. The molecule has 0 aromatic carbocycles. The van der Waals surface area contributed by atoms with Crippen molar-refractivity contribution in [1.82, 2.24) is 4.98 Å². The van der Waals surface area contributed by atoms with E-state index in [1.54, 1.807) is 12.3 Å². The number of halogens is 1. The van der Waals surface area contributed by atoms with E-state index in [0.717, 1.165) is 5.56 Å². The van der Waals surface area contributed by atoms with E-state index in [4.69, 9.17) is 11.6 Å². The maximum absolute atomic E-state index is 5.50. The Kier molecular flexibility index (Phi) is 3.25. The Balaban J connectivity index is 0.000000640. The molecule has 0 radical (unpaired) electrons. The van der Waals surface area contributed by atoms with Crippen molar-refractivity contribution in [2.45, 2.75) is 14.4 Å². The molecule has 9 heavy (non-hydrogen) atoms. The number of hydrogen-bond acceptors (Lipinski definition) is 1. The van der Waals surface area contributed by atoms with Crippen LogP contribution in [0.15, 0.2) is 18.3 Å². The van der Waals surface area contributed by atoms with Crippen LogP contribution >= 0.6 is 11.6 Å². The quantitative estimate of drug-likeness (QED) is 0.509. The van der Waals surface area contributed by atoms with E-state index in [0.29, 0.717) is 5.15 Å². The average molecular weight is 144 g/mol. The number of hydrogen-bond donors (Lipinski definition) is 0. The molecule has 1 heterocycles. The van der Waals surface area contributed by atoms with E-state index < -0.39 is 0 Å². The molecule has 0 saturated carbocycles. The highest BCUT2D eigenvalue weighted by Crippen LogP contribution is 2.02. The summed E-state index contributed by atoms with van der Waals surface area (Å²) in [5, 5.41) is 0.551. The van der Waals surface area contributed by atoms with Gasteiger partial charge in [-0.2, -0.15) is 0 Å². The molecule has 0 bridgehead atoms. The largest absolute Gasteiger partial charge is 0.244 e. The summed E-state index contributed by atoms with van der Waals surface area (Å²) in [6.07, 6.45) is 1.74. The van der Waals surface area contributed by atoms with Crippen molar-refractivity contribution in [2.75, 3.05) is 0 Å². The first-order chi connectivity index (χ1) is 3.79. The van der Waals surface area contributed by atoms with Gasteiger partial charge in [-0.3, -0.25) is 0 Å². The molecule has 1 aromatic rings. The molecule has 50 valence electrons. The van der Waals surface area contributed by atoms with Crippen LogP contribution in [-0.2, 0) is 0 Å². The fourth-order valence-electron chi connectivity index (χ4n) is 0.450. The lowest BCUT2D eigenvalue weighted by atomic mass is 10.3. The normalized spacial score (nSPS) is 8.22. The number of rotatable bonds is 0. The first-order valence-electron chi connectivity index (χ1n) is 2.37. The topological polar surface area (TPSA) is 12.9 Å². The number of aryl methyl sites for hydroxylation is 1. The lowest BCUT2D eigenvalue weighted by Gasteiger charge is -1.87. The fraction of sp³-hybridized carbons (Fsp3) is 0.286. The van der Waals surface area contributed by atoms with Gasteiger partial charge in [-0.05, 0) is 18.6 Å². The maximum atomic E-state index is 5.50. The van der Waals surface area contributed by atoms with Crippen LogP contribution in [0.25, 0.3) is 0 Å². The second-order valence-electron chi connectivity index (χ2n) is 1.66. The van der Waals surface area contributed by atoms with Crippen molar-refractivity contribution in [3.05, 3.63) is 29.0 Å². The van der Waals surface area contributed by atoms with Crippen LogP contribution in [0.1, 0.15) is 13.0 Å². The zero-order valence-corrected chi connectivity index (χ0v) is 5.31. The monoisotopic (exact) mass is 143 g/mol. The molecule has 0 fully saturated rings. The van der Waals surface area contributed by atoms with Crippen LogP contribution in [0.4, 0.5) is 0 Å². The Morgan fingerprint density at radius 3 is 2.44 bits per heavy atom. The molecular formula is C7H10ClN. The molecule has 1 rings (SSSR count). The van der Waals surface area contributed by atoms with Gasteiger partial charge in [-0.15, -0.1) is 0 Å². The molecule has 0 amide bonds. The summed E-state index contributed by atoms with van der Waals surface area (Å²) in [7, 11) is 0. The Hall–Kier alpha value is -0.560. The van der Waals surface area contributed by atoms with E-state index in [2.05, 4.69) is 4.98 Å². The van der Waals surface area contributed by atoms with Crippen molar-refractivity contribution in [2.24, 2.45) is 0 Å². The molecule has 0 aliphatic carbocycles. The van der Waals surface area contributed by atoms with E-state index >= 15 is 0 Å². The standard InChI is InChI=1S/C6H6ClN.CH4/c1-5-2-3-6(7)8-4-5;/h2-4H,1H3;1H4. The summed E-state index contributed by atoms with van der Waals surface area (Å²) in [5.41, 5.74) is 1.13. The fourth-order valence-corrected chi connectivity index (χ4v) is 0.562. The van der Waals surface area contributed by atoms with Gasteiger partial charge in [0.2, 0.25) is 0 Å². The van der Waals surface area contributed by atoms with E-state index in [1.807, 2.05) is 13.0 Å². The molecule has 1 aromatic heterocycles. The zero-order chi connectivity index (χ0) is 5.98. The summed E-state index contributed by atoms with van der Waals surface area (Å²) in [5.74, 6) is 0. The minimum Gasteiger partial charge on any atom is -0.244 e. The van der Waals surface area contributed by atoms with Crippen LogP contribution in [0, 0.1) is 6.92 Å². The van der Waals surface area contributed by atoms with E-state index in [-0.39, 0.29) is 7.43 Å². The van der Waals surface area contributed by atoms with Crippen LogP contribution < -0.4 is 0 Å². The van der Waals surface area contributed by atoms with Gasteiger partial charge in [0, 0.05) is 6.20 Å². The number of pyridine rings is 1. The van der Waals surface area contributed by atoms with Gasteiger partial charge in [0.25, 0.3) is 0 Å². The Morgan fingerprint density at radius 1 is 1.44 bits per heavy atom. The molecule has 0 atom stereocenters. The van der Waals surface area contributed by atoms with Crippen molar-refractivity contribution in [1.29, 1.82) is 0 Å². The van der Waals surface area contributed by atoms with Crippen LogP contribution in [-0.4, -0.2) is 4.98 Å². The third-order valence-electron chi connectivity index (χ3n) is 0.875. The summed E-state index contributed by atoms with van der Waals surface area (Å²) in [6, 6.07) is 3.70. The highest BCUT2D eigenvalue weighted by atomic mass is 35.5. The van der Waals surface area contributed by atoms with Gasteiger partial charge >= 0.3 is 0 Å². The van der Waals surface area contributed by atoms with Crippen molar-refractivity contribution in [3.63, 3.8) is 0 Å². The third kappa shape index (κ3) is 2.47. The summed E-state index contributed by atoms with van der Waals surface area (Å²) in [6.45, 7) is 1.98. The molecule has 0 spiro atoms. The summed E-state index contributed by atoms with van der Waals surface area (Å²) in [4.78, 5) is 3.84. The molecular weight excluding hydrogens is 134 g/mol. The molecule has 0 aliphatic heterocycles. The molecule has 0 N–H and O–H groups in total. The Labute approximate surface area is 60.7 Å². The molecule has 0 unspecified atom stereocenters. The highest BCUT2D eigenvalue weighted by molar-refractivity contribution is 6.29. The van der Waals surface area contributed by atoms with Gasteiger partial charge < -0.3 is 0 Å². The van der Waals surface area contributed by atoms with Gasteiger partial charge in [0.1, 0.15) is 5.15 Å². The predicted octanol–water partition coefficient (Wildman–Crippen LogP) is 2.68. The number of aromatic nitrogens is 1.